The first-order valence-corrected chi connectivity index (χ1v) is 7.44. The summed E-state index contributed by atoms with van der Waals surface area (Å²) >= 11 is 0. The Morgan fingerprint density at radius 3 is 2.96 bits per heavy atom. The van der Waals surface area contributed by atoms with Gasteiger partial charge in [-0.3, -0.25) is 4.79 Å². The average molecular weight is 379 g/mol. The van der Waals surface area contributed by atoms with E-state index >= 15 is 0 Å². The summed E-state index contributed by atoms with van der Waals surface area (Å²) in [5.41, 5.74) is 1.31. The van der Waals surface area contributed by atoms with E-state index in [0.29, 0.717) is 29.8 Å². The minimum Gasteiger partial charge on any atom is -0.390 e. The van der Waals surface area contributed by atoms with Crippen LogP contribution < -0.4 is 10.6 Å². The molecule has 0 bridgehead atoms. The van der Waals surface area contributed by atoms with Gasteiger partial charge in [-0.25, -0.2) is 9.37 Å². The molecule has 1 fully saturated rings. The van der Waals surface area contributed by atoms with Crippen molar-refractivity contribution in [2.75, 3.05) is 13.1 Å². The maximum absolute atomic E-state index is 13.1. The molecular formula is C15H21Cl2FN4O2. The lowest BCUT2D eigenvalue weighted by atomic mass is 10.0. The van der Waals surface area contributed by atoms with Crippen molar-refractivity contribution >= 4 is 41.8 Å². The number of benzene rings is 1. The van der Waals surface area contributed by atoms with Gasteiger partial charge >= 0.3 is 0 Å². The summed E-state index contributed by atoms with van der Waals surface area (Å²) in [5, 5.41) is 15.7. The largest absolute Gasteiger partial charge is 0.390 e. The number of rotatable bonds is 4. The van der Waals surface area contributed by atoms with Crippen LogP contribution in [0.2, 0.25) is 0 Å². The first-order valence-electron chi connectivity index (χ1n) is 7.44. The van der Waals surface area contributed by atoms with E-state index < -0.39 is 6.10 Å². The zero-order valence-corrected chi connectivity index (χ0v) is 14.6. The van der Waals surface area contributed by atoms with Crippen LogP contribution in [0.15, 0.2) is 18.2 Å². The predicted octanol–water partition coefficient (Wildman–Crippen LogP) is 1.32. The summed E-state index contributed by atoms with van der Waals surface area (Å²) in [6, 6.07) is 4.16. The molecule has 134 valence electrons. The van der Waals surface area contributed by atoms with Gasteiger partial charge in [0.05, 0.1) is 23.2 Å². The minimum atomic E-state index is -0.549. The lowest BCUT2D eigenvalue weighted by Gasteiger charge is -2.29. The van der Waals surface area contributed by atoms with Crippen LogP contribution in [-0.4, -0.2) is 46.2 Å². The van der Waals surface area contributed by atoms with Gasteiger partial charge in [-0.05, 0) is 31.2 Å². The van der Waals surface area contributed by atoms with E-state index in [1.807, 2.05) is 0 Å². The minimum absolute atomic E-state index is 0. The lowest BCUT2D eigenvalue weighted by Crippen LogP contribution is -2.52. The topological polar surface area (TPSA) is 90.0 Å². The number of halogens is 3. The van der Waals surface area contributed by atoms with Gasteiger partial charge in [-0.2, -0.15) is 0 Å². The molecule has 1 aromatic heterocycles. The van der Waals surface area contributed by atoms with E-state index in [1.54, 1.807) is 6.07 Å². The Hall–Kier alpha value is -1.41. The fraction of sp³-hybridized carbons (Fsp3) is 0.467. The molecule has 0 aliphatic carbocycles. The number of carbonyl (C=O) groups excluding carboxylic acids is 1. The van der Waals surface area contributed by atoms with Crippen molar-refractivity contribution in [2.24, 2.45) is 0 Å². The van der Waals surface area contributed by atoms with Crippen LogP contribution in [-0.2, 0) is 11.2 Å². The number of nitrogens with one attached hydrogen (secondary N) is 3. The van der Waals surface area contributed by atoms with Crippen LogP contribution >= 0.6 is 24.8 Å². The first kappa shape index (κ1) is 20.6. The SMILES string of the molecule is Cl.Cl.O=C(CCc1nc2ccc(F)cc2[nH]1)N[C@@H]1CCNC[C@H]1O. The number of amides is 1. The van der Waals surface area contributed by atoms with Gasteiger partial charge < -0.3 is 20.7 Å². The van der Waals surface area contributed by atoms with Gasteiger partial charge in [-0.15, -0.1) is 24.8 Å². The average Bonchev–Trinajstić information content (AvgIpc) is 2.89. The number of hydrogen-bond acceptors (Lipinski definition) is 4. The molecule has 0 radical (unpaired) electrons. The molecule has 24 heavy (non-hydrogen) atoms. The monoisotopic (exact) mass is 378 g/mol. The number of aromatic nitrogens is 2. The van der Waals surface area contributed by atoms with E-state index in [0.717, 1.165) is 13.0 Å². The van der Waals surface area contributed by atoms with Gasteiger partial charge in [0.1, 0.15) is 11.6 Å². The summed E-state index contributed by atoms with van der Waals surface area (Å²) in [6.45, 7) is 1.29. The molecule has 0 unspecified atom stereocenters. The van der Waals surface area contributed by atoms with Crippen LogP contribution in [0.4, 0.5) is 4.39 Å². The summed E-state index contributed by atoms with van der Waals surface area (Å²) in [6.07, 6.45) is 0.894. The van der Waals surface area contributed by atoms with Gasteiger partial charge in [0, 0.05) is 19.4 Å². The predicted molar refractivity (Wildman–Crippen MR) is 94.3 cm³/mol. The van der Waals surface area contributed by atoms with Crippen molar-refractivity contribution < 1.29 is 14.3 Å². The highest BCUT2D eigenvalue weighted by Crippen LogP contribution is 2.14. The fourth-order valence-electron chi connectivity index (χ4n) is 2.67. The third-order valence-corrected chi connectivity index (χ3v) is 3.88. The number of imidazole rings is 1. The maximum atomic E-state index is 13.1. The summed E-state index contributed by atoms with van der Waals surface area (Å²) in [7, 11) is 0. The van der Waals surface area contributed by atoms with E-state index in [-0.39, 0.29) is 49.0 Å². The third-order valence-electron chi connectivity index (χ3n) is 3.88. The third kappa shape index (κ3) is 5.04. The van der Waals surface area contributed by atoms with Crippen molar-refractivity contribution in [1.29, 1.82) is 0 Å². The molecular weight excluding hydrogens is 358 g/mol. The molecule has 1 aliphatic heterocycles. The Morgan fingerprint density at radius 2 is 2.21 bits per heavy atom. The molecule has 4 N–H and O–H groups in total. The van der Waals surface area contributed by atoms with Gasteiger partial charge in [-0.1, -0.05) is 0 Å². The molecule has 0 spiro atoms. The van der Waals surface area contributed by atoms with Crippen molar-refractivity contribution in [3.05, 3.63) is 29.8 Å². The first-order chi connectivity index (χ1) is 10.6. The molecule has 2 heterocycles. The number of aliphatic hydroxyl groups excluding tert-OH is 1. The number of H-pyrrole nitrogens is 1. The number of fused-ring (bicyclic) bond motifs is 1. The summed E-state index contributed by atoms with van der Waals surface area (Å²) < 4.78 is 13.1. The zero-order valence-electron chi connectivity index (χ0n) is 12.9. The van der Waals surface area contributed by atoms with Gasteiger partial charge in [0.2, 0.25) is 5.91 Å². The Kier molecular flexibility index (Phi) is 7.89. The Labute approximate surface area is 151 Å². The summed E-state index contributed by atoms with van der Waals surface area (Å²) in [4.78, 5) is 19.3. The normalized spacial score (nSPS) is 20.1. The molecule has 1 amide bonds. The van der Waals surface area contributed by atoms with Gasteiger partial charge in [0.15, 0.2) is 0 Å². The second-order valence-electron chi connectivity index (χ2n) is 5.58. The van der Waals surface area contributed by atoms with Crippen LogP contribution in [0.1, 0.15) is 18.7 Å². The number of piperidine rings is 1. The second kappa shape index (κ2) is 9.17. The van der Waals surface area contributed by atoms with Crippen molar-refractivity contribution in [2.45, 2.75) is 31.4 Å². The number of nitrogens with zero attached hydrogens (tertiary/aromatic N) is 1. The highest BCUT2D eigenvalue weighted by molar-refractivity contribution is 5.85. The fourth-order valence-corrected chi connectivity index (χ4v) is 2.67. The molecule has 1 aliphatic rings. The van der Waals surface area contributed by atoms with Crippen LogP contribution in [0.3, 0.4) is 0 Å². The van der Waals surface area contributed by atoms with Crippen LogP contribution in [0, 0.1) is 5.82 Å². The number of aromatic amines is 1. The Morgan fingerprint density at radius 1 is 1.42 bits per heavy atom. The highest BCUT2D eigenvalue weighted by atomic mass is 35.5. The molecule has 1 aromatic carbocycles. The number of aliphatic hydroxyl groups is 1. The smallest absolute Gasteiger partial charge is 0.220 e. The molecule has 3 rings (SSSR count). The number of aryl methyl sites for hydroxylation is 1. The molecule has 2 aromatic rings. The zero-order chi connectivity index (χ0) is 15.5. The number of β-amino-alcohol motifs (C(OH)–C–C–N with tert-alkyl or cyclic N) is 1. The van der Waals surface area contributed by atoms with E-state index in [2.05, 4.69) is 20.6 Å². The summed E-state index contributed by atoms with van der Waals surface area (Å²) in [5.74, 6) is 0.222. The number of carbonyl (C=O) groups is 1. The molecule has 9 heteroatoms. The number of hydrogen-bond donors (Lipinski definition) is 4. The van der Waals surface area contributed by atoms with Crippen LogP contribution in [0.5, 0.6) is 0 Å². The van der Waals surface area contributed by atoms with E-state index in [4.69, 9.17) is 0 Å². The molecule has 6 nitrogen and oxygen atoms in total. The van der Waals surface area contributed by atoms with Crippen molar-refractivity contribution in [1.82, 2.24) is 20.6 Å². The van der Waals surface area contributed by atoms with Crippen molar-refractivity contribution in [3.63, 3.8) is 0 Å². The Bertz CT molecular complexity index is 683. The highest BCUT2D eigenvalue weighted by Gasteiger charge is 2.24. The van der Waals surface area contributed by atoms with Crippen LogP contribution in [0.25, 0.3) is 11.0 Å². The molecule has 1 saturated heterocycles. The maximum Gasteiger partial charge on any atom is 0.220 e. The second-order valence-corrected chi connectivity index (χ2v) is 5.58. The van der Waals surface area contributed by atoms with Gasteiger partial charge in [0.25, 0.3) is 0 Å². The standard InChI is InChI=1S/C15H19FN4O2.2ClH/c16-9-1-2-10-12(7-9)19-14(18-10)3-4-15(22)20-11-5-6-17-8-13(11)21;;/h1-2,7,11,13,17,21H,3-6,8H2,(H,18,19)(H,20,22);2*1H/t11-,13-;;/m1../s1. The lowest BCUT2D eigenvalue weighted by molar-refractivity contribution is -0.122. The van der Waals surface area contributed by atoms with E-state index in [9.17, 15) is 14.3 Å². The molecule has 0 saturated carbocycles. The molecule has 2 atom stereocenters. The van der Waals surface area contributed by atoms with E-state index in [1.165, 1.54) is 12.1 Å². The van der Waals surface area contributed by atoms with Crippen molar-refractivity contribution in [3.8, 4) is 0 Å². The Balaban J connectivity index is 0.00000144. The quantitative estimate of drug-likeness (QED) is 0.645.